The highest BCUT2D eigenvalue weighted by atomic mass is 19.1. The molecule has 1 aromatic carbocycles. The van der Waals surface area contributed by atoms with Gasteiger partial charge in [0, 0.05) is 23.7 Å². The van der Waals surface area contributed by atoms with Crippen LogP contribution in [0.25, 0.3) is 0 Å². The summed E-state index contributed by atoms with van der Waals surface area (Å²) in [6.45, 7) is 0.288. The van der Waals surface area contributed by atoms with Crippen molar-refractivity contribution in [3.05, 3.63) is 53.5 Å². The fourth-order valence-electron chi connectivity index (χ4n) is 1.71. The number of ether oxygens (including phenoxy) is 1. The monoisotopic (exact) mass is 290 g/mol. The quantitative estimate of drug-likeness (QED) is 0.339. The van der Waals surface area contributed by atoms with Crippen molar-refractivity contribution in [2.24, 2.45) is 10.9 Å². The summed E-state index contributed by atoms with van der Waals surface area (Å²) in [4.78, 5) is 4.04. The normalized spacial score (nSPS) is 11.2. The average molecular weight is 290 g/mol. The number of halogens is 1. The highest BCUT2D eigenvalue weighted by molar-refractivity contribution is 5.97. The summed E-state index contributed by atoms with van der Waals surface area (Å²) in [6, 6.07) is 7.88. The third-order valence-corrected chi connectivity index (χ3v) is 2.89. The number of benzene rings is 1. The zero-order valence-electron chi connectivity index (χ0n) is 11.4. The number of hydrogen-bond acceptors (Lipinski definition) is 5. The van der Waals surface area contributed by atoms with E-state index < -0.39 is 5.82 Å². The van der Waals surface area contributed by atoms with Gasteiger partial charge in [0.25, 0.3) is 0 Å². The summed E-state index contributed by atoms with van der Waals surface area (Å²) < 4.78 is 18.9. The maximum absolute atomic E-state index is 13.9. The Labute approximate surface area is 121 Å². The van der Waals surface area contributed by atoms with Gasteiger partial charge in [-0.1, -0.05) is 17.3 Å². The van der Waals surface area contributed by atoms with Crippen LogP contribution in [0.2, 0.25) is 0 Å². The molecule has 0 saturated carbocycles. The lowest BCUT2D eigenvalue weighted by Gasteiger charge is -2.09. The second kappa shape index (κ2) is 6.56. The molecule has 21 heavy (non-hydrogen) atoms. The van der Waals surface area contributed by atoms with Crippen molar-refractivity contribution in [3.8, 4) is 5.88 Å². The molecule has 0 radical (unpaired) electrons. The van der Waals surface area contributed by atoms with Crippen LogP contribution in [0, 0.1) is 5.82 Å². The summed E-state index contributed by atoms with van der Waals surface area (Å²) in [6.07, 6.45) is 1.60. The number of anilines is 1. The van der Waals surface area contributed by atoms with Gasteiger partial charge in [-0.15, -0.1) is 0 Å². The molecule has 0 aliphatic rings. The first-order valence-corrected chi connectivity index (χ1v) is 6.14. The van der Waals surface area contributed by atoms with Gasteiger partial charge in [0.2, 0.25) is 5.88 Å². The molecule has 0 aliphatic heterocycles. The average Bonchev–Trinajstić information content (AvgIpc) is 2.53. The van der Waals surface area contributed by atoms with Gasteiger partial charge in [-0.2, -0.15) is 0 Å². The molecule has 1 heterocycles. The summed E-state index contributed by atoms with van der Waals surface area (Å²) in [7, 11) is 1.54. The van der Waals surface area contributed by atoms with E-state index in [2.05, 4.69) is 15.5 Å². The highest BCUT2D eigenvalue weighted by Gasteiger charge is 2.06. The van der Waals surface area contributed by atoms with E-state index in [4.69, 9.17) is 15.7 Å². The Morgan fingerprint density at radius 1 is 1.43 bits per heavy atom. The van der Waals surface area contributed by atoms with E-state index in [1.807, 2.05) is 0 Å². The Morgan fingerprint density at radius 3 is 2.81 bits per heavy atom. The number of pyridine rings is 1. The predicted octanol–water partition coefficient (Wildman–Crippen LogP) is 1.94. The molecule has 4 N–H and O–H groups in total. The van der Waals surface area contributed by atoms with Gasteiger partial charge in [-0.3, -0.25) is 0 Å². The minimum absolute atomic E-state index is 0.132. The lowest BCUT2D eigenvalue weighted by molar-refractivity contribution is 0.318. The topological polar surface area (TPSA) is 92.8 Å². The van der Waals surface area contributed by atoms with Crippen molar-refractivity contribution >= 4 is 11.5 Å². The van der Waals surface area contributed by atoms with Crippen LogP contribution in [0.5, 0.6) is 5.88 Å². The van der Waals surface area contributed by atoms with Crippen molar-refractivity contribution in [2.45, 2.75) is 6.54 Å². The van der Waals surface area contributed by atoms with Gasteiger partial charge in [0.1, 0.15) is 5.82 Å². The number of rotatable bonds is 5. The highest BCUT2D eigenvalue weighted by Crippen LogP contribution is 2.15. The summed E-state index contributed by atoms with van der Waals surface area (Å²) >= 11 is 0. The number of methoxy groups -OCH3 is 1. The lowest BCUT2D eigenvalue weighted by atomic mass is 10.1. The zero-order valence-corrected chi connectivity index (χ0v) is 11.4. The number of nitrogens with zero attached hydrogens (tertiary/aromatic N) is 2. The fourth-order valence-corrected chi connectivity index (χ4v) is 1.71. The number of amidine groups is 1. The van der Waals surface area contributed by atoms with Crippen LogP contribution < -0.4 is 15.8 Å². The van der Waals surface area contributed by atoms with Crippen LogP contribution in [0.4, 0.5) is 10.1 Å². The molecule has 6 nitrogen and oxygen atoms in total. The molecule has 2 aromatic rings. The van der Waals surface area contributed by atoms with Crippen molar-refractivity contribution in [3.63, 3.8) is 0 Å². The van der Waals surface area contributed by atoms with Gasteiger partial charge in [0.15, 0.2) is 5.84 Å². The molecule has 0 aliphatic carbocycles. The van der Waals surface area contributed by atoms with Gasteiger partial charge in [-0.25, -0.2) is 9.37 Å². The summed E-state index contributed by atoms with van der Waals surface area (Å²) in [5.41, 5.74) is 6.93. The van der Waals surface area contributed by atoms with E-state index in [1.165, 1.54) is 13.2 Å². The van der Waals surface area contributed by atoms with Crippen molar-refractivity contribution in [2.75, 3.05) is 12.4 Å². The van der Waals surface area contributed by atoms with E-state index in [-0.39, 0.29) is 12.4 Å². The van der Waals surface area contributed by atoms with Crippen molar-refractivity contribution < 1.29 is 14.3 Å². The molecular formula is C14H15FN4O2. The van der Waals surface area contributed by atoms with E-state index in [9.17, 15) is 4.39 Å². The van der Waals surface area contributed by atoms with E-state index in [1.54, 1.807) is 30.5 Å². The first-order chi connectivity index (χ1) is 10.1. The maximum atomic E-state index is 13.9. The SMILES string of the molecule is COc1ccc(NCc2ccc(C(N)=NO)cc2F)cn1. The number of nitrogens with two attached hydrogens (primary N) is 1. The Balaban J connectivity index is 2.05. The van der Waals surface area contributed by atoms with Crippen LogP contribution in [0.3, 0.4) is 0 Å². The Morgan fingerprint density at radius 2 is 2.24 bits per heavy atom. The van der Waals surface area contributed by atoms with Crippen LogP contribution in [0.15, 0.2) is 41.7 Å². The Bertz CT molecular complexity index is 644. The standard InChI is InChI=1S/C14H15FN4O2/c1-21-13-5-4-11(8-18-13)17-7-10-3-2-9(6-12(10)15)14(16)19-20/h2-6,8,17,20H,7H2,1H3,(H2,16,19). The van der Waals surface area contributed by atoms with Gasteiger partial charge < -0.3 is 21.0 Å². The molecule has 0 unspecified atom stereocenters. The summed E-state index contributed by atoms with van der Waals surface area (Å²) in [5, 5.41) is 14.4. The Hall–Kier alpha value is -2.83. The van der Waals surface area contributed by atoms with Crippen LogP contribution in [-0.4, -0.2) is 23.1 Å². The second-order valence-corrected chi connectivity index (χ2v) is 4.23. The van der Waals surface area contributed by atoms with Crippen LogP contribution >= 0.6 is 0 Å². The number of hydrogen-bond donors (Lipinski definition) is 3. The molecule has 0 bridgehead atoms. The minimum atomic E-state index is -0.437. The molecule has 0 fully saturated rings. The first-order valence-electron chi connectivity index (χ1n) is 6.14. The molecule has 7 heteroatoms. The third-order valence-electron chi connectivity index (χ3n) is 2.89. The Kier molecular flexibility index (Phi) is 4.55. The molecule has 110 valence electrons. The molecule has 1 aromatic heterocycles. The smallest absolute Gasteiger partial charge is 0.213 e. The number of nitrogens with one attached hydrogen (secondary N) is 1. The van der Waals surface area contributed by atoms with E-state index >= 15 is 0 Å². The van der Waals surface area contributed by atoms with E-state index in [0.717, 1.165) is 5.69 Å². The van der Waals surface area contributed by atoms with Crippen molar-refractivity contribution in [1.82, 2.24) is 4.98 Å². The summed E-state index contributed by atoms with van der Waals surface area (Å²) in [5.74, 6) is -0.0596. The molecular weight excluding hydrogens is 275 g/mol. The lowest BCUT2D eigenvalue weighted by Crippen LogP contribution is -2.14. The zero-order chi connectivity index (χ0) is 15.2. The maximum Gasteiger partial charge on any atom is 0.213 e. The first kappa shape index (κ1) is 14.6. The number of oxime groups is 1. The molecule has 0 spiro atoms. The van der Waals surface area contributed by atoms with Crippen LogP contribution in [0.1, 0.15) is 11.1 Å². The third kappa shape index (κ3) is 3.59. The molecule has 0 amide bonds. The molecule has 0 saturated heterocycles. The number of aromatic nitrogens is 1. The van der Waals surface area contributed by atoms with Gasteiger partial charge in [0.05, 0.1) is 19.0 Å². The molecule has 2 rings (SSSR count). The predicted molar refractivity (Wildman–Crippen MR) is 77.0 cm³/mol. The van der Waals surface area contributed by atoms with Crippen molar-refractivity contribution in [1.29, 1.82) is 0 Å². The fraction of sp³-hybridized carbons (Fsp3) is 0.143. The van der Waals surface area contributed by atoms with Crippen LogP contribution in [-0.2, 0) is 6.54 Å². The second-order valence-electron chi connectivity index (χ2n) is 4.23. The van der Waals surface area contributed by atoms with E-state index in [0.29, 0.717) is 17.0 Å². The molecule has 0 atom stereocenters. The van der Waals surface area contributed by atoms with Gasteiger partial charge >= 0.3 is 0 Å². The minimum Gasteiger partial charge on any atom is -0.481 e. The largest absolute Gasteiger partial charge is 0.481 e. The van der Waals surface area contributed by atoms with Gasteiger partial charge in [-0.05, 0) is 12.1 Å².